The Hall–Kier alpha value is -3.49. The number of ketones is 1. The quantitative estimate of drug-likeness (QED) is 0.400. The first-order chi connectivity index (χ1) is 14.9. The van der Waals surface area contributed by atoms with Gasteiger partial charge in [0.1, 0.15) is 0 Å². The number of rotatable bonds is 6. The van der Waals surface area contributed by atoms with Gasteiger partial charge in [-0.1, -0.05) is 54.1 Å². The summed E-state index contributed by atoms with van der Waals surface area (Å²) in [5.41, 5.74) is 1.11. The lowest BCUT2D eigenvalue weighted by molar-refractivity contribution is 0.100. The number of halogens is 1. The standard InChI is InChI=1S/C22H16ClN3O4S/c1-26(16-9-3-2-4-10-16)31(28,29)17-11-7-8-15(14-17)20(27)22-25-24-21(30-22)18-12-5-6-13-19(18)23/h2-14H,1H3. The van der Waals surface area contributed by atoms with E-state index >= 15 is 0 Å². The number of aromatic nitrogens is 2. The Morgan fingerprint density at radius 2 is 1.65 bits per heavy atom. The van der Waals surface area contributed by atoms with E-state index in [4.69, 9.17) is 16.0 Å². The Bertz CT molecular complexity index is 1350. The molecule has 0 amide bonds. The Labute approximate surface area is 184 Å². The predicted octanol–water partition coefficient (Wildman–Crippen LogP) is 4.45. The van der Waals surface area contributed by atoms with Crippen LogP contribution >= 0.6 is 11.6 Å². The predicted molar refractivity (Wildman–Crippen MR) is 117 cm³/mol. The Balaban J connectivity index is 1.64. The lowest BCUT2D eigenvalue weighted by Gasteiger charge is -2.19. The second kappa shape index (κ2) is 8.33. The molecule has 0 saturated heterocycles. The molecule has 0 fully saturated rings. The maximum atomic E-state index is 13.0. The largest absolute Gasteiger partial charge is 0.413 e. The van der Waals surface area contributed by atoms with Crippen LogP contribution in [0.2, 0.25) is 5.02 Å². The first-order valence-electron chi connectivity index (χ1n) is 9.15. The molecule has 0 atom stereocenters. The molecule has 0 aliphatic heterocycles. The van der Waals surface area contributed by atoms with Crippen molar-refractivity contribution in [3.8, 4) is 11.5 Å². The van der Waals surface area contributed by atoms with E-state index in [-0.39, 0.29) is 22.2 Å². The van der Waals surface area contributed by atoms with Gasteiger partial charge in [0.2, 0.25) is 11.7 Å². The molecule has 3 aromatic carbocycles. The number of carbonyl (C=O) groups excluding carboxylic acids is 1. The number of sulfonamides is 1. The van der Waals surface area contributed by atoms with E-state index in [1.807, 2.05) is 0 Å². The lowest BCUT2D eigenvalue weighted by Crippen LogP contribution is -2.26. The molecule has 7 nitrogen and oxygen atoms in total. The molecule has 0 aliphatic carbocycles. The normalized spacial score (nSPS) is 11.3. The van der Waals surface area contributed by atoms with Crippen LogP contribution in [0, 0.1) is 0 Å². The van der Waals surface area contributed by atoms with Gasteiger partial charge in [-0.15, -0.1) is 10.2 Å². The van der Waals surface area contributed by atoms with Crippen LogP contribution in [0.3, 0.4) is 0 Å². The molecule has 1 aromatic heterocycles. The fourth-order valence-electron chi connectivity index (χ4n) is 2.91. The molecule has 156 valence electrons. The smallest absolute Gasteiger partial charge is 0.289 e. The molecule has 0 N–H and O–H groups in total. The van der Waals surface area contributed by atoms with Crippen LogP contribution in [0.15, 0.2) is 88.2 Å². The average molecular weight is 454 g/mol. The Morgan fingerprint density at radius 1 is 0.935 bits per heavy atom. The number of nitrogens with zero attached hydrogens (tertiary/aromatic N) is 3. The topological polar surface area (TPSA) is 93.4 Å². The van der Waals surface area contributed by atoms with Crippen molar-refractivity contribution in [2.24, 2.45) is 0 Å². The van der Waals surface area contributed by atoms with Gasteiger partial charge in [-0.05, 0) is 36.4 Å². The summed E-state index contributed by atoms with van der Waals surface area (Å²) in [6.45, 7) is 0. The maximum absolute atomic E-state index is 13.0. The van der Waals surface area contributed by atoms with E-state index in [1.165, 1.54) is 31.3 Å². The molecule has 9 heteroatoms. The molecule has 0 radical (unpaired) electrons. The number of hydrogen-bond acceptors (Lipinski definition) is 6. The van der Waals surface area contributed by atoms with Gasteiger partial charge in [0, 0.05) is 12.6 Å². The molecule has 0 aliphatic rings. The van der Waals surface area contributed by atoms with Gasteiger partial charge in [0.15, 0.2) is 0 Å². The fourth-order valence-corrected chi connectivity index (χ4v) is 4.37. The van der Waals surface area contributed by atoms with Crippen molar-refractivity contribution in [1.29, 1.82) is 0 Å². The van der Waals surface area contributed by atoms with Gasteiger partial charge in [-0.25, -0.2) is 8.42 Å². The second-order valence-corrected chi connectivity index (χ2v) is 8.93. The summed E-state index contributed by atoms with van der Waals surface area (Å²) >= 11 is 6.13. The van der Waals surface area contributed by atoms with E-state index in [0.717, 1.165) is 4.31 Å². The minimum atomic E-state index is -3.88. The highest BCUT2D eigenvalue weighted by Gasteiger charge is 2.24. The SMILES string of the molecule is CN(c1ccccc1)S(=O)(=O)c1cccc(C(=O)c2nnc(-c3ccccc3Cl)o2)c1. The zero-order valence-corrected chi connectivity index (χ0v) is 17.8. The third kappa shape index (κ3) is 4.08. The number of anilines is 1. The molecule has 0 saturated carbocycles. The van der Waals surface area contributed by atoms with Crippen LogP contribution < -0.4 is 4.31 Å². The molecule has 1 heterocycles. The highest BCUT2D eigenvalue weighted by molar-refractivity contribution is 7.92. The summed E-state index contributed by atoms with van der Waals surface area (Å²) < 4.78 is 32.7. The first-order valence-corrected chi connectivity index (χ1v) is 11.0. The summed E-state index contributed by atoms with van der Waals surface area (Å²) in [5.74, 6) is -0.757. The van der Waals surface area contributed by atoms with Gasteiger partial charge in [-0.3, -0.25) is 9.10 Å². The van der Waals surface area contributed by atoms with Crippen LogP contribution in [-0.4, -0.2) is 31.4 Å². The molecule has 0 unspecified atom stereocenters. The van der Waals surface area contributed by atoms with Crippen molar-refractivity contribution in [3.63, 3.8) is 0 Å². The van der Waals surface area contributed by atoms with Crippen LogP contribution in [-0.2, 0) is 10.0 Å². The first kappa shape index (κ1) is 20.8. The summed E-state index contributed by atoms with van der Waals surface area (Å²) in [5, 5.41) is 8.09. The fraction of sp³-hybridized carbons (Fsp3) is 0.0455. The number of hydrogen-bond donors (Lipinski definition) is 0. The number of benzene rings is 3. The van der Waals surface area contributed by atoms with Crippen LogP contribution in [0.25, 0.3) is 11.5 Å². The maximum Gasteiger partial charge on any atom is 0.289 e. The summed E-state index contributed by atoms with van der Waals surface area (Å²) in [7, 11) is -2.43. The molecular weight excluding hydrogens is 438 g/mol. The van der Waals surface area contributed by atoms with Gasteiger partial charge in [0.05, 0.1) is 21.2 Å². The van der Waals surface area contributed by atoms with Crippen molar-refractivity contribution in [2.75, 3.05) is 11.4 Å². The minimum Gasteiger partial charge on any atom is -0.413 e. The van der Waals surface area contributed by atoms with Crippen LogP contribution in [0.1, 0.15) is 16.2 Å². The Morgan fingerprint density at radius 3 is 2.39 bits per heavy atom. The second-order valence-electron chi connectivity index (χ2n) is 6.56. The zero-order chi connectivity index (χ0) is 22.0. The molecule has 0 bridgehead atoms. The minimum absolute atomic E-state index is 0.0319. The van der Waals surface area contributed by atoms with Gasteiger partial charge < -0.3 is 4.42 Å². The van der Waals surface area contributed by atoms with Crippen molar-refractivity contribution in [2.45, 2.75) is 4.90 Å². The monoisotopic (exact) mass is 453 g/mol. The summed E-state index contributed by atoms with van der Waals surface area (Å²) in [6, 6.07) is 21.2. The number of para-hydroxylation sites is 1. The third-order valence-electron chi connectivity index (χ3n) is 4.60. The van der Waals surface area contributed by atoms with Crippen molar-refractivity contribution >= 4 is 33.1 Å². The molecule has 4 rings (SSSR count). The Kier molecular flexibility index (Phi) is 5.58. The van der Waals surface area contributed by atoms with Gasteiger partial charge in [0.25, 0.3) is 15.9 Å². The molecule has 4 aromatic rings. The van der Waals surface area contributed by atoms with Gasteiger partial charge in [-0.2, -0.15) is 0 Å². The van der Waals surface area contributed by atoms with E-state index in [9.17, 15) is 13.2 Å². The molecule has 0 spiro atoms. The van der Waals surface area contributed by atoms with Crippen LogP contribution in [0.4, 0.5) is 5.69 Å². The highest BCUT2D eigenvalue weighted by atomic mass is 35.5. The lowest BCUT2D eigenvalue weighted by atomic mass is 10.1. The molecule has 31 heavy (non-hydrogen) atoms. The van der Waals surface area contributed by atoms with Crippen molar-refractivity contribution in [1.82, 2.24) is 10.2 Å². The van der Waals surface area contributed by atoms with Crippen LogP contribution in [0.5, 0.6) is 0 Å². The van der Waals surface area contributed by atoms with E-state index in [0.29, 0.717) is 16.3 Å². The van der Waals surface area contributed by atoms with Crippen molar-refractivity contribution in [3.05, 3.63) is 95.3 Å². The summed E-state index contributed by atoms with van der Waals surface area (Å²) in [6.07, 6.45) is 0. The third-order valence-corrected chi connectivity index (χ3v) is 6.71. The van der Waals surface area contributed by atoms with E-state index in [2.05, 4.69) is 10.2 Å². The van der Waals surface area contributed by atoms with E-state index < -0.39 is 15.8 Å². The molecular formula is C22H16ClN3O4S. The zero-order valence-electron chi connectivity index (χ0n) is 16.3. The van der Waals surface area contributed by atoms with E-state index in [1.54, 1.807) is 54.6 Å². The highest BCUT2D eigenvalue weighted by Crippen LogP contribution is 2.27. The average Bonchev–Trinajstić information content (AvgIpc) is 3.29. The van der Waals surface area contributed by atoms with Crippen molar-refractivity contribution < 1.29 is 17.6 Å². The number of carbonyl (C=O) groups is 1. The van der Waals surface area contributed by atoms with Gasteiger partial charge >= 0.3 is 0 Å². The summed E-state index contributed by atoms with van der Waals surface area (Å²) in [4.78, 5) is 12.8.